The molecular weight excluding hydrogens is 327 g/mol. The molecule has 2 N–H and O–H groups in total. The molecule has 0 aliphatic carbocycles. The molecule has 8 heteroatoms. The molecule has 2 fully saturated rings. The maximum absolute atomic E-state index is 13.1. The summed E-state index contributed by atoms with van der Waals surface area (Å²) in [6.07, 6.45) is 0.843. The van der Waals surface area contributed by atoms with Gasteiger partial charge in [-0.1, -0.05) is 12.1 Å². The lowest BCUT2D eigenvalue weighted by molar-refractivity contribution is -0.139. The topological polar surface area (TPSA) is 81.8 Å². The van der Waals surface area contributed by atoms with Gasteiger partial charge in [-0.3, -0.25) is 14.5 Å². The third-order valence-corrected chi connectivity index (χ3v) is 4.97. The van der Waals surface area contributed by atoms with Crippen LogP contribution in [0.25, 0.3) is 0 Å². The van der Waals surface area contributed by atoms with Crippen LogP contribution in [-0.2, 0) is 15.1 Å². The zero-order chi connectivity index (χ0) is 18.2. The second-order valence-electron chi connectivity index (χ2n) is 6.60. The summed E-state index contributed by atoms with van der Waals surface area (Å²) < 4.78 is 13.1. The Morgan fingerprint density at radius 2 is 2.04 bits per heavy atom. The average molecular weight is 348 g/mol. The molecule has 2 atom stereocenters. The number of likely N-dealkylation sites (N-methyl/N-ethyl adjacent to an activating group) is 1. The van der Waals surface area contributed by atoms with Crippen molar-refractivity contribution in [3.63, 3.8) is 0 Å². The molecule has 7 nitrogen and oxygen atoms in total. The molecule has 2 aliphatic heterocycles. The molecule has 2 heterocycles. The van der Waals surface area contributed by atoms with Crippen molar-refractivity contribution in [2.75, 3.05) is 26.7 Å². The summed E-state index contributed by atoms with van der Waals surface area (Å²) in [6.45, 7) is 2.79. The van der Waals surface area contributed by atoms with Gasteiger partial charge in [0.15, 0.2) is 0 Å². The molecule has 3 rings (SSSR count). The minimum absolute atomic E-state index is 0.0664. The average Bonchev–Trinajstić information content (AvgIpc) is 3.19. The lowest BCUT2D eigenvalue weighted by Gasteiger charge is -2.26. The van der Waals surface area contributed by atoms with E-state index in [9.17, 15) is 18.8 Å². The second kappa shape index (κ2) is 6.44. The van der Waals surface area contributed by atoms with Crippen LogP contribution in [-0.4, -0.2) is 60.4 Å². The number of carbonyl (C=O) groups is 3. The van der Waals surface area contributed by atoms with E-state index >= 15 is 0 Å². The standard InChI is InChI=1S/C17H21FN4O3/c1-17(11-3-5-12(18)6-4-11)15(24)22(16(25)20-17)10-14(23)21(2)13-7-8-19-9-13/h3-6,13,19H,7-10H2,1-2H3,(H,20,25)/t13-,17+/m1/s1. The number of nitrogens with one attached hydrogen (secondary N) is 2. The van der Waals surface area contributed by atoms with Crippen molar-refractivity contribution in [1.82, 2.24) is 20.4 Å². The lowest BCUT2D eigenvalue weighted by atomic mass is 9.92. The number of amides is 4. The van der Waals surface area contributed by atoms with Crippen LogP contribution in [0.2, 0.25) is 0 Å². The summed E-state index contributed by atoms with van der Waals surface area (Å²) in [5, 5.41) is 5.79. The number of hydrogen-bond donors (Lipinski definition) is 2. The third kappa shape index (κ3) is 3.09. The Morgan fingerprint density at radius 1 is 1.36 bits per heavy atom. The summed E-state index contributed by atoms with van der Waals surface area (Å²) in [5.41, 5.74) is -0.839. The van der Waals surface area contributed by atoms with Gasteiger partial charge in [0.2, 0.25) is 5.91 Å². The van der Waals surface area contributed by atoms with E-state index in [2.05, 4.69) is 10.6 Å². The summed E-state index contributed by atoms with van der Waals surface area (Å²) in [5.74, 6) is -1.24. The zero-order valence-corrected chi connectivity index (χ0v) is 14.2. The predicted molar refractivity (Wildman–Crippen MR) is 88.0 cm³/mol. The molecule has 25 heavy (non-hydrogen) atoms. The van der Waals surface area contributed by atoms with Gasteiger partial charge in [0.1, 0.15) is 17.9 Å². The van der Waals surface area contributed by atoms with Gasteiger partial charge >= 0.3 is 6.03 Å². The molecule has 1 aromatic rings. The van der Waals surface area contributed by atoms with Crippen LogP contribution in [0.15, 0.2) is 24.3 Å². The van der Waals surface area contributed by atoms with Crippen LogP contribution in [0.5, 0.6) is 0 Å². The third-order valence-electron chi connectivity index (χ3n) is 4.97. The monoisotopic (exact) mass is 348 g/mol. The van der Waals surface area contributed by atoms with Crippen LogP contribution in [0.4, 0.5) is 9.18 Å². The van der Waals surface area contributed by atoms with E-state index in [1.807, 2.05) is 0 Å². The molecule has 4 amide bonds. The van der Waals surface area contributed by atoms with Crippen LogP contribution >= 0.6 is 0 Å². The molecule has 0 saturated carbocycles. The molecule has 1 aromatic carbocycles. The molecule has 0 aromatic heterocycles. The van der Waals surface area contributed by atoms with Gasteiger partial charge in [0.05, 0.1) is 0 Å². The minimum atomic E-state index is -1.31. The highest BCUT2D eigenvalue weighted by Crippen LogP contribution is 2.29. The predicted octanol–water partition coefficient (Wildman–Crippen LogP) is 0.413. The smallest absolute Gasteiger partial charge is 0.325 e. The minimum Gasteiger partial charge on any atom is -0.340 e. The van der Waals surface area contributed by atoms with Gasteiger partial charge in [0, 0.05) is 19.6 Å². The van der Waals surface area contributed by atoms with Crippen molar-refractivity contribution in [3.8, 4) is 0 Å². The Labute approximate surface area is 145 Å². The molecule has 2 aliphatic rings. The summed E-state index contributed by atoms with van der Waals surface area (Å²) in [7, 11) is 1.68. The van der Waals surface area contributed by atoms with Crippen molar-refractivity contribution in [2.45, 2.75) is 24.9 Å². The Hall–Kier alpha value is -2.48. The number of benzene rings is 1. The fourth-order valence-electron chi connectivity index (χ4n) is 3.24. The fraction of sp³-hybridized carbons (Fsp3) is 0.471. The molecular formula is C17H21FN4O3. The Balaban J connectivity index is 1.74. The molecule has 0 unspecified atom stereocenters. The maximum Gasteiger partial charge on any atom is 0.325 e. The normalized spacial score (nSPS) is 26.0. The Bertz CT molecular complexity index is 702. The van der Waals surface area contributed by atoms with Crippen LogP contribution in [0.1, 0.15) is 18.9 Å². The molecule has 0 spiro atoms. The first-order valence-electron chi connectivity index (χ1n) is 8.19. The number of halogens is 1. The van der Waals surface area contributed by atoms with Gasteiger partial charge in [0.25, 0.3) is 5.91 Å². The van der Waals surface area contributed by atoms with Crippen LogP contribution in [0.3, 0.4) is 0 Å². The van der Waals surface area contributed by atoms with Gasteiger partial charge in [-0.2, -0.15) is 0 Å². The number of imide groups is 1. The van der Waals surface area contributed by atoms with E-state index in [4.69, 9.17) is 0 Å². The summed E-state index contributed by atoms with van der Waals surface area (Å²) in [6, 6.07) is 4.81. The molecule has 2 saturated heterocycles. The Kier molecular flexibility index (Phi) is 4.47. The Morgan fingerprint density at radius 3 is 2.64 bits per heavy atom. The van der Waals surface area contributed by atoms with Crippen molar-refractivity contribution in [3.05, 3.63) is 35.6 Å². The zero-order valence-electron chi connectivity index (χ0n) is 14.2. The lowest BCUT2D eigenvalue weighted by Crippen LogP contribution is -2.46. The number of rotatable bonds is 4. The first-order chi connectivity index (χ1) is 11.8. The second-order valence-corrected chi connectivity index (χ2v) is 6.60. The number of urea groups is 1. The SMILES string of the molecule is CN(C(=O)CN1C(=O)N[C@@](C)(c2ccc(F)cc2)C1=O)[C@@H]1CCNC1. The highest BCUT2D eigenvalue weighted by molar-refractivity contribution is 6.09. The van der Waals surface area contributed by atoms with E-state index in [1.165, 1.54) is 24.3 Å². The van der Waals surface area contributed by atoms with Crippen molar-refractivity contribution < 1.29 is 18.8 Å². The van der Waals surface area contributed by atoms with Gasteiger partial charge in [-0.25, -0.2) is 9.18 Å². The highest BCUT2D eigenvalue weighted by atomic mass is 19.1. The van der Waals surface area contributed by atoms with Gasteiger partial charge in [-0.05, 0) is 37.6 Å². The van der Waals surface area contributed by atoms with Gasteiger partial charge < -0.3 is 15.5 Å². The number of hydrogen-bond acceptors (Lipinski definition) is 4. The molecule has 134 valence electrons. The number of carbonyl (C=O) groups excluding carboxylic acids is 3. The summed E-state index contributed by atoms with van der Waals surface area (Å²) in [4.78, 5) is 40.0. The van der Waals surface area contributed by atoms with Gasteiger partial charge in [-0.15, -0.1) is 0 Å². The highest BCUT2D eigenvalue weighted by Gasteiger charge is 2.49. The summed E-state index contributed by atoms with van der Waals surface area (Å²) >= 11 is 0. The van der Waals surface area contributed by atoms with Crippen LogP contribution in [0, 0.1) is 5.82 Å². The first kappa shape index (κ1) is 17.3. The van der Waals surface area contributed by atoms with E-state index in [1.54, 1.807) is 18.9 Å². The van der Waals surface area contributed by atoms with E-state index in [-0.39, 0.29) is 18.5 Å². The largest absolute Gasteiger partial charge is 0.340 e. The van der Waals surface area contributed by atoms with E-state index < -0.39 is 23.3 Å². The number of nitrogens with zero attached hydrogens (tertiary/aromatic N) is 2. The first-order valence-corrected chi connectivity index (χ1v) is 8.19. The molecule has 0 bridgehead atoms. The maximum atomic E-state index is 13.1. The van der Waals surface area contributed by atoms with E-state index in [0.29, 0.717) is 12.1 Å². The fourth-order valence-corrected chi connectivity index (χ4v) is 3.24. The molecule has 0 radical (unpaired) electrons. The quantitative estimate of drug-likeness (QED) is 0.773. The van der Waals surface area contributed by atoms with Crippen molar-refractivity contribution in [1.29, 1.82) is 0 Å². The van der Waals surface area contributed by atoms with Crippen LogP contribution < -0.4 is 10.6 Å². The van der Waals surface area contributed by atoms with Crippen molar-refractivity contribution in [2.24, 2.45) is 0 Å². The van der Waals surface area contributed by atoms with E-state index in [0.717, 1.165) is 17.9 Å². The van der Waals surface area contributed by atoms with Crippen molar-refractivity contribution >= 4 is 17.8 Å².